The monoisotopic (exact) mass is 250 g/mol. The molecule has 90 valence electrons. The van der Waals surface area contributed by atoms with E-state index in [1.807, 2.05) is 13.8 Å². The number of hydrogen-bond donors (Lipinski definition) is 1. The van der Waals surface area contributed by atoms with Crippen LogP contribution in [0.2, 0.25) is 5.15 Å². The zero-order chi connectivity index (χ0) is 12.8. The second kappa shape index (κ2) is 6.27. The molecular formula is C13H15ClN2O. The summed E-state index contributed by atoms with van der Waals surface area (Å²) in [5.74, 6) is 2.30. The Balaban J connectivity index is 2.89. The van der Waals surface area contributed by atoms with Crippen molar-refractivity contribution in [2.75, 3.05) is 0 Å². The van der Waals surface area contributed by atoms with Gasteiger partial charge in [0.15, 0.2) is 0 Å². The topological polar surface area (TPSA) is 42.0 Å². The van der Waals surface area contributed by atoms with Crippen LogP contribution in [-0.4, -0.2) is 16.9 Å². The van der Waals surface area contributed by atoms with Crippen LogP contribution in [0.3, 0.4) is 0 Å². The van der Waals surface area contributed by atoms with Crippen molar-refractivity contribution in [2.45, 2.75) is 32.7 Å². The van der Waals surface area contributed by atoms with Crippen LogP contribution in [0.4, 0.5) is 0 Å². The molecule has 0 aliphatic heterocycles. The van der Waals surface area contributed by atoms with Gasteiger partial charge in [-0.05, 0) is 25.0 Å². The van der Waals surface area contributed by atoms with Crippen molar-refractivity contribution >= 4 is 17.5 Å². The van der Waals surface area contributed by atoms with Crippen LogP contribution in [0.5, 0.6) is 0 Å². The van der Waals surface area contributed by atoms with E-state index in [0.29, 0.717) is 17.1 Å². The maximum atomic E-state index is 11.9. The van der Waals surface area contributed by atoms with Crippen LogP contribution >= 0.6 is 11.6 Å². The number of nitrogens with one attached hydrogen (secondary N) is 1. The maximum absolute atomic E-state index is 11.9. The standard InChI is InChI=1S/C13H15ClN2O/c1-4-10(5-2)16-13(17)9-7-11(6-3)15-12(14)8-9/h1,7-8,10H,5-6H2,2-3H3,(H,16,17). The molecular weight excluding hydrogens is 236 g/mol. The number of rotatable bonds is 4. The summed E-state index contributed by atoms with van der Waals surface area (Å²) in [5.41, 5.74) is 1.28. The van der Waals surface area contributed by atoms with Gasteiger partial charge in [0.1, 0.15) is 5.15 Å². The van der Waals surface area contributed by atoms with Crippen molar-refractivity contribution in [3.05, 3.63) is 28.5 Å². The van der Waals surface area contributed by atoms with E-state index in [9.17, 15) is 4.79 Å². The highest BCUT2D eigenvalue weighted by atomic mass is 35.5. The number of carbonyl (C=O) groups excluding carboxylic acids is 1. The van der Waals surface area contributed by atoms with Crippen molar-refractivity contribution in [1.29, 1.82) is 0 Å². The Morgan fingerprint density at radius 3 is 2.82 bits per heavy atom. The third kappa shape index (κ3) is 3.76. The molecule has 0 radical (unpaired) electrons. The molecule has 1 N–H and O–H groups in total. The first-order valence-corrected chi connectivity index (χ1v) is 5.92. The van der Waals surface area contributed by atoms with Gasteiger partial charge in [0.25, 0.3) is 5.91 Å². The smallest absolute Gasteiger partial charge is 0.252 e. The van der Waals surface area contributed by atoms with Crippen LogP contribution < -0.4 is 5.32 Å². The summed E-state index contributed by atoms with van der Waals surface area (Å²) in [5, 5.41) is 3.07. The van der Waals surface area contributed by atoms with E-state index in [0.717, 1.165) is 12.1 Å². The Hall–Kier alpha value is -1.53. The van der Waals surface area contributed by atoms with E-state index in [4.69, 9.17) is 18.0 Å². The lowest BCUT2D eigenvalue weighted by Crippen LogP contribution is -2.33. The molecule has 0 saturated heterocycles. The van der Waals surface area contributed by atoms with Gasteiger partial charge in [0.05, 0.1) is 6.04 Å². The third-order valence-corrected chi connectivity index (χ3v) is 2.58. The third-order valence-electron chi connectivity index (χ3n) is 2.39. The molecule has 0 saturated carbocycles. The van der Waals surface area contributed by atoms with Gasteiger partial charge in [-0.1, -0.05) is 31.4 Å². The molecule has 1 atom stereocenters. The predicted molar refractivity (Wildman–Crippen MR) is 69.0 cm³/mol. The molecule has 0 bridgehead atoms. The van der Waals surface area contributed by atoms with Crippen LogP contribution in [0.15, 0.2) is 12.1 Å². The number of aryl methyl sites for hydroxylation is 1. The number of nitrogens with zero attached hydrogens (tertiary/aromatic N) is 1. The zero-order valence-corrected chi connectivity index (χ0v) is 10.7. The van der Waals surface area contributed by atoms with E-state index in [-0.39, 0.29) is 11.9 Å². The number of terminal acetylenes is 1. The van der Waals surface area contributed by atoms with Gasteiger partial charge in [0.2, 0.25) is 0 Å². The second-order valence-electron chi connectivity index (χ2n) is 3.62. The van der Waals surface area contributed by atoms with Crippen LogP contribution in [0.1, 0.15) is 36.3 Å². The lowest BCUT2D eigenvalue weighted by molar-refractivity contribution is 0.0945. The van der Waals surface area contributed by atoms with Gasteiger partial charge in [-0.25, -0.2) is 4.98 Å². The number of hydrogen-bond acceptors (Lipinski definition) is 2. The molecule has 17 heavy (non-hydrogen) atoms. The minimum absolute atomic E-state index is 0.214. The number of pyridine rings is 1. The number of halogens is 1. The predicted octanol–water partition coefficient (Wildman–Crippen LogP) is 2.44. The summed E-state index contributed by atoms with van der Waals surface area (Å²) in [6.45, 7) is 3.87. The molecule has 0 spiro atoms. The summed E-state index contributed by atoms with van der Waals surface area (Å²) in [7, 11) is 0. The minimum Gasteiger partial charge on any atom is -0.338 e. The lowest BCUT2D eigenvalue weighted by atomic mass is 10.1. The first-order valence-electron chi connectivity index (χ1n) is 5.54. The van der Waals surface area contributed by atoms with Crippen molar-refractivity contribution in [2.24, 2.45) is 0 Å². The molecule has 0 aliphatic carbocycles. The molecule has 1 aromatic rings. The molecule has 4 heteroatoms. The molecule has 0 fully saturated rings. The fraction of sp³-hybridized carbons (Fsp3) is 0.385. The Labute approximate surface area is 107 Å². The number of amides is 1. The van der Waals surface area contributed by atoms with Gasteiger partial charge >= 0.3 is 0 Å². The number of aromatic nitrogens is 1. The quantitative estimate of drug-likeness (QED) is 0.659. The van der Waals surface area contributed by atoms with Crippen molar-refractivity contribution < 1.29 is 4.79 Å². The second-order valence-corrected chi connectivity index (χ2v) is 4.01. The fourth-order valence-corrected chi connectivity index (χ4v) is 1.59. The van der Waals surface area contributed by atoms with Gasteiger partial charge < -0.3 is 5.32 Å². The first kappa shape index (κ1) is 13.5. The van der Waals surface area contributed by atoms with Crippen molar-refractivity contribution in [3.63, 3.8) is 0 Å². The molecule has 0 aliphatic rings. The van der Waals surface area contributed by atoms with Gasteiger partial charge in [-0.2, -0.15) is 0 Å². The Kier molecular flexibility index (Phi) is 4.99. The summed E-state index contributed by atoms with van der Waals surface area (Å²) in [4.78, 5) is 16.0. The minimum atomic E-state index is -0.250. The lowest BCUT2D eigenvalue weighted by Gasteiger charge is -2.11. The average molecular weight is 251 g/mol. The van der Waals surface area contributed by atoms with Crippen molar-refractivity contribution in [1.82, 2.24) is 10.3 Å². The Bertz CT molecular complexity index is 451. The maximum Gasteiger partial charge on any atom is 0.252 e. The summed E-state index contributed by atoms with van der Waals surface area (Å²) in [6, 6.07) is 3.02. The molecule has 1 amide bonds. The molecule has 1 unspecified atom stereocenters. The average Bonchev–Trinajstić information content (AvgIpc) is 2.34. The SMILES string of the molecule is C#CC(CC)NC(=O)c1cc(Cl)nc(CC)c1. The zero-order valence-electron chi connectivity index (χ0n) is 9.96. The van der Waals surface area contributed by atoms with Crippen molar-refractivity contribution in [3.8, 4) is 12.3 Å². The first-order chi connectivity index (χ1) is 8.10. The van der Waals surface area contributed by atoms with E-state index < -0.39 is 0 Å². The largest absolute Gasteiger partial charge is 0.338 e. The highest BCUT2D eigenvalue weighted by Gasteiger charge is 2.11. The Morgan fingerprint density at radius 2 is 2.29 bits per heavy atom. The molecule has 3 nitrogen and oxygen atoms in total. The van der Waals surface area contributed by atoms with E-state index >= 15 is 0 Å². The number of carbonyl (C=O) groups is 1. The van der Waals surface area contributed by atoms with Crippen LogP contribution in [-0.2, 0) is 6.42 Å². The van der Waals surface area contributed by atoms with E-state index in [2.05, 4.69) is 16.2 Å². The van der Waals surface area contributed by atoms with Crippen LogP contribution in [0, 0.1) is 12.3 Å². The molecule has 0 aromatic carbocycles. The summed E-state index contributed by atoms with van der Waals surface area (Å²) in [6.07, 6.45) is 6.72. The molecule has 1 aromatic heterocycles. The van der Waals surface area contributed by atoms with Gasteiger partial charge in [-0.15, -0.1) is 6.42 Å². The van der Waals surface area contributed by atoms with E-state index in [1.165, 1.54) is 0 Å². The normalized spacial score (nSPS) is 11.6. The molecule has 1 rings (SSSR count). The summed E-state index contributed by atoms with van der Waals surface area (Å²) >= 11 is 5.85. The highest BCUT2D eigenvalue weighted by molar-refractivity contribution is 6.29. The fourth-order valence-electron chi connectivity index (χ4n) is 1.37. The Morgan fingerprint density at radius 1 is 1.59 bits per heavy atom. The van der Waals surface area contributed by atoms with Gasteiger partial charge in [0, 0.05) is 11.3 Å². The summed E-state index contributed by atoms with van der Waals surface area (Å²) < 4.78 is 0. The molecule has 1 heterocycles. The highest BCUT2D eigenvalue weighted by Crippen LogP contribution is 2.11. The van der Waals surface area contributed by atoms with E-state index in [1.54, 1.807) is 12.1 Å². The van der Waals surface area contributed by atoms with Crippen LogP contribution in [0.25, 0.3) is 0 Å². The van der Waals surface area contributed by atoms with Gasteiger partial charge in [-0.3, -0.25) is 4.79 Å².